The number of benzene rings is 1. The van der Waals surface area contributed by atoms with Gasteiger partial charge in [0.05, 0.1) is 24.6 Å². The monoisotopic (exact) mass is 242 g/mol. The minimum absolute atomic E-state index is 0.329. The largest absolute Gasteiger partial charge is 0.397 e. The van der Waals surface area contributed by atoms with E-state index < -0.39 is 0 Å². The lowest BCUT2D eigenvalue weighted by molar-refractivity contribution is 0.190. The SMILES string of the molecule is COCCN(CCOC)c1ccc(F)cc1N. The van der Waals surface area contributed by atoms with Crippen molar-refractivity contribution < 1.29 is 13.9 Å². The van der Waals surface area contributed by atoms with Gasteiger partial charge in [-0.2, -0.15) is 0 Å². The van der Waals surface area contributed by atoms with E-state index in [4.69, 9.17) is 15.2 Å². The molecular formula is C12H19FN2O2. The minimum atomic E-state index is -0.329. The van der Waals surface area contributed by atoms with Gasteiger partial charge in [-0.15, -0.1) is 0 Å². The van der Waals surface area contributed by atoms with Crippen molar-refractivity contribution in [3.8, 4) is 0 Å². The van der Waals surface area contributed by atoms with E-state index >= 15 is 0 Å². The standard InChI is InChI=1S/C12H19FN2O2/c1-16-7-5-15(6-8-17-2)12-4-3-10(13)9-11(12)14/h3-4,9H,5-8,14H2,1-2H3. The highest BCUT2D eigenvalue weighted by molar-refractivity contribution is 5.67. The zero-order valence-electron chi connectivity index (χ0n) is 10.3. The molecule has 0 bridgehead atoms. The summed E-state index contributed by atoms with van der Waals surface area (Å²) in [5.41, 5.74) is 7.04. The second-order valence-electron chi connectivity index (χ2n) is 3.68. The summed E-state index contributed by atoms with van der Waals surface area (Å²) in [5.74, 6) is -0.329. The van der Waals surface area contributed by atoms with Gasteiger partial charge < -0.3 is 20.1 Å². The first-order chi connectivity index (χ1) is 8.19. The molecule has 0 aliphatic carbocycles. The van der Waals surface area contributed by atoms with Crippen LogP contribution in [0.4, 0.5) is 15.8 Å². The quantitative estimate of drug-likeness (QED) is 0.736. The Balaban J connectivity index is 2.79. The second kappa shape index (κ2) is 7.09. The summed E-state index contributed by atoms with van der Waals surface area (Å²) in [7, 11) is 3.28. The van der Waals surface area contributed by atoms with Crippen molar-refractivity contribution in [1.82, 2.24) is 0 Å². The average Bonchev–Trinajstić information content (AvgIpc) is 2.30. The molecule has 0 spiro atoms. The maximum Gasteiger partial charge on any atom is 0.125 e. The van der Waals surface area contributed by atoms with Crippen molar-refractivity contribution in [3.63, 3.8) is 0 Å². The zero-order chi connectivity index (χ0) is 12.7. The smallest absolute Gasteiger partial charge is 0.125 e. The van der Waals surface area contributed by atoms with Crippen molar-refractivity contribution in [2.24, 2.45) is 0 Å². The Kier molecular flexibility index (Phi) is 5.72. The highest BCUT2D eigenvalue weighted by Crippen LogP contribution is 2.23. The predicted molar refractivity (Wildman–Crippen MR) is 66.8 cm³/mol. The zero-order valence-corrected chi connectivity index (χ0v) is 10.3. The predicted octanol–water partition coefficient (Wildman–Crippen LogP) is 1.51. The van der Waals surface area contributed by atoms with E-state index in [0.29, 0.717) is 32.0 Å². The molecule has 5 heteroatoms. The van der Waals surface area contributed by atoms with Gasteiger partial charge in [0.15, 0.2) is 0 Å². The molecule has 0 saturated heterocycles. The van der Waals surface area contributed by atoms with Crippen molar-refractivity contribution in [2.75, 3.05) is 51.2 Å². The molecular weight excluding hydrogens is 223 g/mol. The molecule has 1 rings (SSSR count). The van der Waals surface area contributed by atoms with Crippen molar-refractivity contribution >= 4 is 11.4 Å². The number of hydrogen-bond acceptors (Lipinski definition) is 4. The van der Waals surface area contributed by atoms with Crippen molar-refractivity contribution in [1.29, 1.82) is 0 Å². The molecule has 0 unspecified atom stereocenters. The highest BCUT2D eigenvalue weighted by Gasteiger charge is 2.10. The Hall–Kier alpha value is -1.33. The van der Waals surface area contributed by atoms with Crippen LogP contribution in [0.25, 0.3) is 0 Å². The van der Waals surface area contributed by atoms with E-state index in [2.05, 4.69) is 0 Å². The van der Waals surface area contributed by atoms with E-state index in [9.17, 15) is 4.39 Å². The van der Waals surface area contributed by atoms with E-state index in [1.165, 1.54) is 12.1 Å². The van der Waals surface area contributed by atoms with Gasteiger partial charge in [0.25, 0.3) is 0 Å². The molecule has 0 saturated carbocycles. The Morgan fingerprint density at radius 3 is 2.24 bits per heavy atom. The van der Waals surface area contributed by atoms with Gasteiger partial charge in [0, 0.05) is 27.3 Å². The van der Waals surface area contributed by atoms with Gasteiger partial charge in [-0.3, -0.25) is 0 Å². The maximum absolute atomic E-state index is 13.0. The average molecular weight is 242 g/mol. The lowest BCUT2D eigenvalue weighted by Gasteiger charge is -2.25. The van der Waals surface area contributed by atoms with Crippen LogP contribution in [0, 0.1) is 5.82 Å². The van der Waals surface area contributed by atoms with Crippen LogP contribution in [0.1, 0.15) is 0 Å². The molecule has 0 fully saturated rings. The van der Waals surface area contributed by atoms with Crippen molar-refractivity contribution in [2.45, 2.75) is 0 Å². The Morgan fingerprint density at radius 2 is 1.76 bits per heavy atom. The minimum Gasteiger partial charge on any atom is -0.397 e. The van der Waals surface area contributed by atoms with E-state index in [1.54, 1.807) is 20.3 Å². The Bertz CT molecular complexity index is 339. The molecule has 2 N–H and O–H groups in total. The Morgan fingerprint density at radius 1 is 1.18 bits per heavy atom. The number of rotatable bonds is 7. The highest BCUT2D eigenvalue weighted by atomic mass is 19.1. The fourth-order valence-corrected chi connectivity index (χ4v) is 1.57. The first-order valence-corrected chi connectivity index (χ1v) is 5.47. The van der Waals surface area contributed by atoms with Gasteiger partial charge in [-0.05, 0) is 18.2 Å². The number of nitrogens with two attached hydrogens (primary N) is 1. The van der Waals surface area contributed by atoms with Gasteiger partial charge in [-0.1, -0.05) is 0 Å². The summed E-state index contributed by atoms with van der Waals surface area (Å²) in [4.78, 5) is 2.02. The molecule has 0 amide bonds. The third-order valence-corrected chi connectivity index (χ3v) is 2.46. The van der Waals surface area contributed by atoms with Crippen LogP contribution in [0.5, 0.6) is 0 Å². The first-order valence-electron chi connectivity index (χ1n) is 5.47. The number of nitrogens with zero attached hydrogens (tertiary/aromatic N) is 1. The van der Waals surface area contributed by atoms with Crippen LogP contribution in [0.15, 0.2) is 18.2 Å². The molecule has 0 radical (unpaired) electrons. The number of anilines is 2. The molecule has 0 atom stereocenters. The molecule has 17 heavy (non-hydrogen) atoms. The third-order valence-electron chi connectivity index (χ3n) is 2.46. The van der Waals surface area contributed by atoms with E-state index in [-0.39, 0.29) is 5.82 Å². The second-order valence-corrected chi connectivity index (χ2v) is 3.68. The van der Waals surface area contributed by atoms with Gasteiger partial charge in [-0.25, -0.2) is 4.39 Å². The fraction of sp³-hybridized carbons (Fsp3) is 0.500. The van der Waals surface area contributed by atoms with Gasteiger partial charge in [0.1, 0.15) is 5.82 Å². The summed E-state index contributed by atoms with van der Waals surface area (Å²) in [6, 6.07) is 4.40. The van der Waals surface area contributed by atoms with Gasteiger partial charge in [0.2, 0.25) is 0 Å². The first kappa shape index (κ1) is 13.7. The normalized spacial score (nSPS) is 10.5. The van der Waals surface area contributed by atoms with Crippen LogP contribution >= 0.6 is 0 Å². The molecule has 96 valence electrons. The van der Waals surface area contributed by atoms with E-state index in [0.717, 1.165) is 5.69 Å². The topological polar surface area (TPSA) is 47.7 Å². The number of ether oxygens (including phenoxy) is 2. The van der Waals surface area contributed by atoms with Crippen LogP contribution < -0.4 is 10.6 Å². The summed E-state index contributed by atoms with van der Waals surface area (Å²) >= 11 is 0. The summed E-state index contributed by atoms with van der Waals surface area (Å²) < 4.78 is 23.0. The summed E-state index contributed by atoms with van der Waals surface area (Å²) in [6.45, 7) is 2.55. The number of nitrogen functional groups attached to an aromatic ring is 1. The van der Waals surface area contributed by atoms with Crippen LogP contribution in [-0.2, 0) is 9.47 Å². The number of methoxy groups -OCH3 is 2. The molecule has 0 aromatic heterocycles. The summed E-state index contributed by atoms with van der Waals surface area (Å²) in [5, 5.41) is 0. The third kappa shape index (κ3) is 4.20. The molecule has 1 aromatic carbocycles. The van der Waals surface area contributed by atoms with Crippen LogP contribution in [0.2, 0.25) is 0 Å². The lowest BCUT2D eigenvalue weighted by Crippen LogP contribution is -2.31. The van der Waals surface area contributed by atoms with Crippen LogP contribution in [-0.4, -0.2) is 40.5 Å². The van der Waals surface area contributed by atoms with Gasteiger partial charge >= 0.3 is 0 Å². The maximum atomic E-state index is 13.0. The lowest BCUT2D eigenvalue weighted by atomic mass is 10.2. The molecule has 0 heterocycles. The molecule has 0 aliphatic rings. The molecule has 4 nitrogen and oxygen atoms in total. The fourth-order valence-electron chi connectivity index (χ4n) is 1.57. The van der Waals surface area contributed by atoms with E-state index in [1.807, 2.05) is 4.90 Å². The summed E-state index contributed by atoms with van der Waals surface area (Å²) in [6.07, 6.45) is 0. The van der Waals surface area contributed by atoms with Crippen LogP contribution in [0.3, 0.4) is 0 Å². The van der Waals surface area contributed by atoms with Crippen molar-refractivity contribution in [3.05, 3.63) is 24.0 Å². The Labute approximate surface area is 101 Å². The molecule has 0 aliphatic heterocycles. The number of hydrogen-bond donors (Lipinski definition) is 1. The number of halogens is 1. The molecule has 1 aromatic rings.